The molecule has 1 heterocycles. The first-order valence-corrected chi connectivity index (χ1v) is 7.32. The fourth-order valence-electron chi connectivity index (χ4n) is 2.80. The third-order valence-electron chi connectivity index (χ3n) is 4.05. The highest BCUT2D eigenvalue weighted by molar-refractivity contribution is 5.25. The molecular formula is C16H26N2O. The molecule has 2 rings (SSSR count). The van der Waals surface area contributed by atoms with E-state index in [9.17, 15) is 0 Å². The minimum Gasteiger partial charge on any atom is -0.376 e. The SMILES string of the molecule is CCc1ccc(C(CN)N2CC(C)OCC2C)cc1. The Morgan fingerprint density at radius 2 is 2.00 bits per heavy atom. The van der Waals surface area contributed by atoms with Crippen LogP contribution in [0.4, 0.5) is 0 Å². The first kappa shape index (κ1) is 14.5. The van der Waals surface area contributed by atoms with Crippen molar-refractivity contribution in [1.82, 2.24) is 4.90 Å². The van der Waals surface area contributed by atoms with Crippen LogP contribution in [0.2, 0.25) is 0 Å². The quantitative estimate of drug-likeness (QED) is 0.905. The third-order valence-corrected chi connectivity index (χ3v) is 4.05. The van der Waals surface area contributed by atoms with Crippen molar-refractivity contribution in [3.63, 3.8) is 0 Å². The van der Waals surface area contributed by atoms with Crippen molar-refractivity contribution >= 4 is 0 Å². The predicted molar refractivity (Wildman–Crippen MR) is 79.2 cm³/mol. The molecule has 1 aromatic rings. The molecule has 19 heavy (non-hydrogen) atoms. The number of aryl methyl sites for hydroxylation is 1. The van der Waals surface area contributed by atoms with Crippen LogP contribution < -0.4 is 5.73 Å². The predicted octanol–water partition coefficient (Wildman–Crippen LogP) is 2.36. The summed E-state index contributed by atoms with van der Waals surface area (Å²) in [6.07, 6.45) is 1.37. The summed E-state index contributed by atoms with van der Waals surface area (Å²) in [6.45, 7) is 8.94. The lowest BCUT2D eigenvalue weighted by Gasteiger charge is -2.41. The maximum atomic E-state index is 6.03. The highest BCUT2D eigenvalue weighted by Gasteiger charge is 2.29. The highest BCUT2D eigenvalue weighted by Crippen LogP contribution is 2.25. The molecule has 1 aromatic carbocycles. The van der Waals surface area contributed by atoms with E-state index in [0.717, 1.165) is 19.6 Å². The van der Waals surface area contributed by atoms with Gasteiger partial charge in [0.1, 0.15) is 0 Å². The van der Waals surface area contributed by atoms with Crippen LogP contribution in [-0.4, -0.2) is 36.7 Å². The summed E-state index contributed by atoms with van der Waals surface area (Å²) in [5.74, 6) is 0. The summed E-state index contributed by atoms with van der Waals surface area (Å²) in [6, 6.07) is 9.61. The van der Waals surface area contributed by atoms with Gasteiger partial charge in [-0.15, -0.1) is 0 Å². The number of nitrogens with zero attached hydrogens (tertiary/aromatic N) is 1. The van der Waals surface area contributed by atoms with Gasteiger partial charge in [0.15, 0.2) is 0 Å². The molecule has 3 nitrogen and oxygen atoms in total. The van der Waals surface area contributed by atoms with Crippen LogP contribution in [0, 0.1) is 0 Å². The first-order valence-electron chi connectivity index (χ1n) is 7.32. The normalized spacial score (nSPS) is 26.3. The van der Waals surface area contributed by atoms with Crippen LogP contribution in [0.15, 0.2) is 24.3 Å². The van der Waals surface area contributed by atoms with E-state index in [1.807, 2.05) is 0 Å². The number of hydrogen-bond acceptors (Lipinski definition) is 3. The standard InChI is InChI=1S/C16H26N2O/c1-4-14-5-7-15(8-6-14)16(9-17)18-10-13(3)19-11-12(18)2/h5-8,12-13,16H,4,9-11,17H2,1-3H3. The number of rotatable bonds is 4. The largest absolute Gasteiger partial charge is 0.376 e. The van der Waals surface area contributed by atoms with Crippen LogP contribution in [0.25, 0.3) is 0 Å². The van der Waals surface area contributed by atoms with Crippen LogP contribution >= 0.6 is 0 Å². The fraction of sp³-hybridized carbons (Fsp3) is 0.625. The van der Waals surface area contributed by atoms with Crippen LogP contribution in [-0.2, 0) is 11.2 Å². The summed E-state index contributed by atoms with van der Waals surface area (Å²) < 4.78 is 5.70. The van der Waals surface area contributed by atoms with E-state index in [-0.39, 0.29) is 0 Å². The summed E-state index contributed by atoms with van der Waals surface area (Å²) in [5.41, 5.74) is 8.73. The lowest BCUT2D eigenvalue weighted by atomic mass is 10.00. The summed E-state index contributed by atoms with van der Waals surface area (Å²) in [7, 11) is 0. The van der Waals surface area contributed by atoms with E-state index in [1.54, 1.807) is 0 Å². The molecule has 3 atom stereocenters. The van der Waals surface area contributed by atoms with Gasteiger partial charge in [0, 0.05) is 25.2 Å². The van der Waals surface area contributed by atoms with Gasteiger partial charge in [-0.25, -0.2) is 0 Å². The number of benzene rings is 1. The number of ether oxygens (including phenoxy) is 1. The Kier molecular flexibility index (Phi) is 4.97. The molecule has 0 radical (unpaired) electrons. The minimum atomic E-state index is 0.292. The second-order valence-corrected chi connectivity index (χ2v) is 5.54. The lowest BCUT2D eigenvalue weighted by Crippen LogP contribution is -2.50. The van der Waals surface area contributed by atoms with Gasteiger partial charge in [0.2, 0.25) is 0 Å². The zero-order valence-corrected chi connectivity index (χ0v) is 12.3. The molecule has 1 aliphatic rings. The molecule has 0 amide bonds. The molecular weight excluding hydrogens is 236 g/mol. The van der Waals surface area contributed by atoms with E-state index in [1.165, 1.54) is 11.1 Å². The Bertz CT molecular complexity index is 390. The highest BCUT2D eigenvalue weighted by atomic mass is 16.5. The fourth-order valence-corrected chi connectivity index (χ4v) is 2.80. The topological polar surface area (TPSA) is 38.5 Å². The Hall–Kier alpha value is -0.900. The van der Waals surface area contributed by atoms with Gasteiger partial charge in [-0.05, 0) is 31.4 Å². The van der Waals surface area contributed by atoms with Gasteiger partial charge in [-0.1, -0.05) is 31.2 Å². The number of nitrogens with two attached hydrogens (primary N) is 1. The molecule has 2 N–H and O–H groups in total. The van der Waals surface area contributed by atoms with Crippen LogP contribution in [0.1, 0.15) is 37.9 Å². The molecule has 0 spiro atoms. The van der Waals surface area contributed by atoms with E-state index < -0.39 is 0 Å². The van der Waals surface area contributed by atoms with E-state index in [2.05, 4.69) is 49.9 Å². The van der Waals surface area contributed by atoms with Crippen LogP contribution in [0.5, 0.6) is 0 Å². The average Bonchev–Trinajstić information content (AvgIpc) is 2.44. The lowest BCUT2D eigenvalue weighted by molar-refractivity contribution is -0.0653. The maximum absolute atomic E-state index is 6.03. The van der Waals surface area contributed by atoms with Crippen LogP contribution in [0.3, 0.4) is 0 Å². The molecule has 3 heteroatoms. The Balaban J connectivity index is 2.17. The van der Waals surface area contributed by atoms with E-state index >= 15 is 0 Å². The van der Waals surface area contributed by atoms with Crippen molar-refractivity contribution in [2.24, 2.45) is 5.73 Å². The van der Waals surface area contributed by atoms with Gasteiger partial charge in [-0.3, -0.25) is 4.90 Å². The third kappa shape index (κ3) is 3.35. The minimum absolute atomic E-state index is 0.292. The summed E-state index contributed by atoms with van der Waals surface area (Å²) in [5, 5.41) is 0. The second-order valence-electron chi connectivity index (χ2n) is 5.54. The summed E-state index contributed by atoms with van der Waals surface area (Å²) in [4.78, 5) is 2.48. The van der Waals surface area contributed by atoms with Gasteiger partial charge in [0.25, 0.3) is 0 Å². The van der Waals surface area contributed by atoms with Crippen molar-refractivity contribution in [3.8, 4) is 0 Å². The van der Waals surface area contributed by atoms with Crippen molar-refractivity contribution < 1.29 is 4.74 Å². The monoisotopic (exact) mass is 262 g/mol. The van der Waals surface area contributed by atoms with Crippen molar-refractivity contribution in [2.45, 2.75) is 45.4 Å². The summed E-state index contributed by atoms with van der Waals surface area (Å²) >= 11 is 0. The van der Waals surface area contributed by atoms with Crippen molar-refractivity contribution in [2.75, 3.05) is 19.7 Å². The van der Waals surface area contributed by atoms with Crippen molar-refractivity contribution in [3.05, 3.63) is 35.4 Å². The van der Waals surface area contributed by atoms with Gasteiger partial charge >= 0.3 is 0 Å². The van der Waals surface area contributed by atoms with Gasteiger partial charge < -0.3 is 10.5 Å². The molecule has 106 valence electrons. The molecule has 3 unspecified atom stereocenters. The Labute approximate surface area is 116 Å². The van der Waals surface area contributed by atoms with E-state index in [4.69, 9.17) is 10.5 Å². The zero-order valence-electron chi connectivity index (χ0n) is 12.3. The molecule has 0 aromatic heterocycles. The number of hydrogen-bond donors (Lipinski definition) is 1. The van der Waals surface area contributed by atoms with Gasteiger partial charge in [0.05, 0.1) is 12.7 Å². The average molecular weight is 262 g/mol. The number of morpholine rings is 1. The van der Waals surface area contributed by atoms with Crippen molar-refractivity contribution in [1.29, 1.82) is 0 Å². The molecule has 0 saturated carbocycles. The smallest absolute Gasteiger partial charge is 0.0675 e. The molecule has 1 fully saturated rings. The van der Waals surface area contributed by atoms with E-state index in [0.29, 0.717) is 24.7 Å². The maximum Gasteiger partial charge on any atom is 0.0675 e. The van der Waals surface area contributed by atoms with Gasteiger partial charge in [-0.2, -0.15) is 0 Å². The first-order chi connectivity index (χ1) is 9.15. The molecule has 0 bridgehead atoms. The Morgan fingerprint density at radius 1 is 1.32 bits per heavy atom. The zero-order chi connectivity index (χ0) is 13.8. The second kappa shape index (κ2) is 6.51. The Morgan fingerprint density at radius 3 is 2.58 bits per heavy atom. The molecule has 0 aliphatic carbocycles. The molecule has 1 aliphatic heterocycles. The molecule has 1 saturated heterocycles.